The van der Waals surface area contributed by atoms with E-state index in [1.807, 2.05) is 18.2 Å². The lowest BCUT2D eigenvalue weighted by Gasteiger charge is -2.11. The topological polar surface area (TPSA) is 21.3 Å². The monoisotopic (exact) mass is 195 g/mol. The van der Waals surface area contributed by atoms with E-state index in [0.29, 0.717) is 6.54 Å². The van der Waals surface area contributed by atoms with E-state index in [0.717, 1.165) is 17.0 Å². The predicted molar refractivity (Wildman–Crippen MR) is 54.8 cm³/mol. The molecular formula is C11H14FNO. The van der Waals surface area contributed by atoms with Gasteiger partial charge in [-0.05, 0) is 30.7 Å². The second kappa shape index (κ2) is 3.48. The molecule has 76 valence electrons. The minimum atomic E-state index is -0.823. The highest BCUT2D eigenvalue weighted by Crippen LogP contribution is 2.36. The van der Waals surface area contributed by atoms with Crippen LogP contribution in [0, 0.1) is 0 Å². The van der Waals surface area contributed by atoms with Gasteiger partial charge in [-0.2, -0.15) is 0 Å². The second-order valence-electron chi connectivity index (χ2n) is 3.62. The molecule has 0 fully saturated rings. The summed E-state index contributed by atoms with van der Waals surface area (Å²) >= 11 is 0. The predicted octanol–water partition coefficient (Wildman–Crippen LogP) is 2.56. The number of fused-ring (bicyclic) bond motifs is 1. The Balaban J connectivity index is 2.37. The van der Waals surface area contributed by atoms with Crippen molar-refractivity contribution in [3.63, 3.8) is 0 Å². The van der Waals surface area contributed by atoms with E-state index in [4.69, 9.17) is 4.74 Å². The minimum Gasteiger partial charge on any atom is -0.497 e. The Hall–Kier alpha value is -1.25. The zero-order valence-electron chi connectivity index (χ0n) is 8.38. The zero-order chi connectivity index (χ0) is 10.1. The van der Waals surface area contributed by atoms with Gasteiger partial charge in [0.1, 0.15) is 11.9 Å². The normalized spacial score (nSPS) is 21.2. The molecule has 2 unspecified atom stereocenters. The van der Waals surface area contributed by atoms with Gasteiger partial charge in [0, 0.05) is 18.2 Å². The van der Waals surface area contributed by atoms with E-state index >= 15 is 0 Å². The summed E-state index contributed by atoms with van der Waals surface area (Å²) in [7, 11) is 1.62. The molecule has 2 nitrogen and oxygen atoms in total. The Bertz CT molecular complexity index is 338. The molecule has 0 aromatic heterocycles. The van der Waals surface area contributed by atoms with Crippen LogP contribution in [0.15, 0.2) is 18.2 Å². The first-order valence-corrected chi connectivity index (χ1v) is 4.78. The van der Waals surface area contributed by atoms with Gasteiger partial charge in [0.25, 0.3) is 0 Å². The summed E-state index contributed by atoms with van der Waals surface area (Å²) < 4.78 is 18.4. The highest BCUT2D eigenvalue weighted by molar-refractivity contribution is 5.60. The molecule has 0 amide bonds. The Morgan fingerprint density at radius 3 is 3.00 bits per heavy atom. The summed E-state index contributed by atoms with van der Waals surface area (Å²) in [6.45, 7) is 2.28. The molecule has 0 aliphatic carbocycles. The number of ether oxygens (including phenoxy) is 1. The number of methoxy groups -OCH3 is 1. The van der Waals surface area contributed by atoms with Crippen molar-refractivity contribution >= 4 is 5.69 Å². The van der Waals surface area contributed by atoms with Crippen molar-refractivity contribution in [1.29, 1.82) is 0 Å². The van der Waals surface area contributed by atoms with Crippen molar-refractivity contribution in [2.24, 2.45) is 0 Å². The molecule has 0 saturated heterocycles. The van der Waals surface area contributed by atoms with Crippen molar-refractivity contribution in [2.45, 2.75) is 19.0 Å². The maximum Gasteiger partial charge on any atom is 0.119 e. The molecule has 2 rings (SSSR count). The number of alkyl halides is 1. The maximum absolute atomic E-state index is 13.2. The van der Waals surface area contributed by atoms with Crippen LogP contribution in [0.2, 0.25) is 0 Å². The molecule has 0 spiro atoms. The number of hydrogen-bond donors (Lipinski definition) is 1. The lowest BCUT2D eigenvalue weighted by molar-refractivity contribution is 0.317. The highest BCUT2D eigenvalue weighted by atomic mass is 19.1. The third-order valence-electron chi connectivity index (χ3n) is 2.73. The Morgan fingerprint density at radius 2 is 2.36 bits per heavy atom. The van der Waals surface area contributed by atoms with E-state index < -0.39 is 6.17 Å². The molecule has 3 heteroatoms. The molecule has 14 heavy (non-hydrogen) atoms. The number of rotatable bonds is 2. The van der Waals surface area contributed by atoms with E-state index in [2.05, 4.69) is 5.32 Å². The molecule has 1 heterocycles. The summed E-state index contributed by atoms with van der Waals surface area (Å²) in [6, 6.07) is 5.74. The number of nitrogens with one attached hydrogen (secondary N) is 1. The molecule has 1 N–H and O–H groups in total. The van der Waals surface area contributed by atoms with E-state index in [-0.39, 0.29) is 5.92 Å². The zero-order valence-corrected chi connectivity index (χ0v) is 8.38. The third kappa shape index (κ3) is 1.43. The van der Waals surface area contributed by atoms with Crippen molar-refractivity contribution in [3.05, 3.63) is 23.8 Å². The van der Waals surface area contributed by atoms with Crippen LogP contribution in [-0.4, -0.2) is 19.8 Å². The van der Waals surface area contributed by atoms with Crippen LogP contribution in [0.1, 0.15) is 18.4 Å². The van der Waals surface area contributed by atoms with Gasteiger partial charge < -0.3 is 10.1 Å². The van der Waals surface area contributed by atoms with Gasteiger partial charge >= 0.3 is 0 Å². The minimum absolute atomic E-state index is 0.0416. The van der Waals surface area contributed by atoms with E-state index in [9.17, 15) is 4.39 Å². The first-order chi connectivity index (χ1) is 6.72. The Morgan fingerprint density at radius 1 is 1.57 bits per heavy atom. The Kier molecular flexibility index (Phi) is 2.32. The van der Waals surface area contributed by atoms with Gasteiger partial charge in [0.2, 0.25) is 0 Å². The van der Waals surface area contributed by atoms with Crippen LogP contribution >= 0.6 is 0 Å². The molecule has 1 aliphatic heterocycles. The summed E-state index contributed by atoms with van der Waals surface area (Å²) in [6.07, 6.45) is -0.823. The lowest BCUT2D eigenvalue weighted by Crippen LogP contribution is -2.12. The second-order valence-corrected chi connectivity index (χ2v) is 3.62. The standard InChI is InChI=1S/C11H14FNO/c1-7(12)10-6-13-11-4-3-8(14-2)5-9(10)11/h3-5,7,10,13H,6H2,1-2H3. The number of benzene rings is 1. The van der Waals surface area contributed by atoms with Crippen LogP contribution in [0.25, 0.3) is 0 Å². The van der Waals surface area contributed by atoms with E-state index in [1.54, 1.807) is 14.0 Å². The summed E-state index contributed by atoms with van der Waals surface area (Å²) in [5.41, 5.74) is 2.06. The fourth-order valence-corrected chi connectivity index (χ4v) is 1.88. The van der Waals surface area contributed by atoms with Crippen LogP contribution < -0.4 is 10.1 Å². The summed E-state index contributed by atoms with van der Waals surface area (Å²) in [5.74, 6) is 0.748. The van der Waals surface area contributed by atoms with Crippen LogP contribution in [0.5, 0.6) is 5.75 Å². The summed E-state index contributed by atoms with van der Waals surface area (Å²) in [5, 5.41) is 3.19. The molecular weight excluding hydrogens is 181 g/mol. The van der Waals surface area contributed by atoms with Crippen molar-refractivity contribution in [3.8, 4) is 5.75 Å². The summed E-state index contributed by atoms with van der Waals surface area (Å²) in [4.78, 5) is 0. The smallest absolute Gasteiger partial charge is 0.119 e. The quantitative estimate of drug-likeness (QED) is 0.783. The van der Waals surface area contributed by atoms with Crippen molar-refractivity contribution in [2.75, 3.05) is 19.0 Å². The van der Waals surface area contributed by atoms with Crippen molar-refractivity contribution in [1.82, 2.24) is 0 Å². The first-order valence-electron chi connectivity index (χ1n) is 4.78. The molecule has 2 atom stereocenters. The van der Waals surface area contributed by atoms with Crippen LogP contribution in [-0.2, 0) is 0 Å². The first kappa shape index (κ1) is 9.31. The fraction of sp³-hybridized carbons (Fsp3) is 0.455. The molecule has 1 aliphatic rings. The number of hydrogen-bond acceptors (Lipinski definition) is 2. The average molecular weight is 195 g/mol. The molecule has 0 radical (unpaired) electrons. The SMILES string of the molecule is COc1ccc2c(c1)C(C(C)F)CN2. The van der Waals surface area contributed by atoms with Gasteiger partial charge in [-0.25, -0.2) is 4.39 Å². The number of halogens is 1. The highest BCUT2D eigenvalue weighted by Gasteiger charge is 2.27. The largest absolute Gasteiger partial charge is 0.497 e. The van der Waals surface area contributed by atoms with Gasteiger partial charge in [-0.15, -0.1) is 0 Å². The van der Waals surface area contributed by atoms with Gasteiger partial charge in [-0.3, -0.25) is 0 Å². The molecule has 0 bridgehead atoms. The van der Waals surface area contributed by atoms with Crippen LogP contribution in [0.4, 0.5) is 10.1 Å². The van der Waals surface area contributed by atoms with Gasteiger partial charge in [-0.1, -0.05) is 0 Å². The maximum atomic E-state index is 13.2. The fourth-order valence-electron chi connectivity index (χ4n) is 1.88. The molecule has 1 aromatic rings. The van der Waals surface area contributed by atoms with Crippen molar-refractivity contribution < 1.29 is 9.13 Å². The van der Waals surface area contributed by atoms with Gasteiger partial charge in [0.05, 0.1) is 7.11 Å². The van der Waals surface area contributed by atoms with E-state index in [1.165, 1.54) is 0 Å². The third-order valence-corrected chi connectivity index (χ3v) is 2.73. The number of anilines is 1. The average Bonchev–Trinajstić information content (AvgIpc) is 2.59. The van der Waals surface area contributed by atoms with Gasteiger partial charge in [0.15, 0.2) is 0 Å². The Labute approximate surface area is 83.1 Å². The lowest BCUT2D eigenvalue weighted by atomic mass is 9.97. The molecule has 1 aromatic carbocycles. The molecule has 0 saturated carbocycles. The van der Waals surface area contributed by atoms with Crippen LogP contribution in [0.3, 0.4) is 0 Å².